The highest BCUT2D eigenvalue weighted by Gasteiger charge is 2.17. The maximum Gasteiger partial charge on any atom is 0.244 e. The van der Waals surface area contributed by atoms with E-state index in [1.54, 1.807) is 24.3 Å². The zero-order valence-corrected chi connectivity index (χ0v) is 16.3. The normalized spacial score (nSPS) is 12.1. The van der Waals surface area contributed by atoms with Gasteiger partial charge < -0.3 is 5.32 Å². The fourth-order valence-corrected chi connectivity index (χ4v) is 3.36. The Morgan fingerprint density at radius 3 is 2.37 bits per heavy atom. The molecule has 0 spiro atoms. The van der Waals surface area contributed by atoms with E-state index in [-0.39, 0.29) is 11.9 Å². The first kappa shape index (κ1) is 19.2. The molecule has 0 saturated heterocycles. The van der Waals surface area contributed by atoms with E-state index in [0.29, 0.717) is 10.0 Å². The van der Waals surface area contributed by atoms with Gasteiger partial charge in [0, 0.05) is 16.1 Å². The zero-order valence-electron chi connectivity index (χ0n) is 14.8. The lowest BCUT2D eigenvalue weighted by molar-refractivity contribution is -0.116. The van der Waals surface area contributed by atoms with Crippen LogP contribution in [0.4, 0.5) is 0 Å². The van der Waals surface area contributed by atoms with E-state index in [1.165, 1.54) is 6.08 Å². The Kier molecular flexibility index (Phi) is 6.33. The molecule has 136 valence electrons. The first-order valence-electron chi connectivity index (χ1n) is 8.58. The summed E-state index contributed by atoms with van der Waals surface area (Å²) in [6.07, 6.45) is 3.18. The molecule has 0 aliphatic heterocycles. The lowest BCUT2D eigenvalue weighted by Crippen LogP contribution is -2.28. The molecule has 1 atom stereocenters. The molecular weight excluding hydrogens is 377 g/mol. The fraction of sp³-hybridized carbons (Fsp3) is 0.0870. The maximum atomic E-state index is 12.6. The Labute approximate surface area is 169 Å². The van der Waals surface area contributed by atoms with Gasteiger partial charge in [0.2, 0.25) is 5.91 Å². The second-order valence-electron chi connectivity index (χ2n) is 6.21. The minimum absolute atomic E-state index is 0.196. The summed E-state index contributed by atoms with van der Waals surface area (Å²) >= 11 is 12.1. The Hall–Kier alpha value is -2.55. The molecule has 0 bridgehead atoms. The lowest BCUT2D eigenvalue weighted by Gasteiger charge is -2.21. The number of carbonyl (C=O) groups is 1. The topological polar surface area (TPSA) is 29.1 Å². The molecule has 1 N–H and O–H groups in total. The van der Waals surface area contributed by atoms with Crippen molar-refractivity contribution in [1.82, 2.24) is 5.32 Å². The number of nitrogens with one attached hydrogen (secondary N) is 1. The van der Waals surface area contributed by atoms with Crippen LogP contribution in [0.15, 0.2) is 78.9 Å². The monoisotopic (exact) mass is 395 g/mol. The van der Waals surface area contributed by atoms with Crippen molar-refractivity contribution in [2.24, 2.45) is 0 Å². The van der Waals surface area contributed by atoms with E-state index in [4.69, 9.17) is 23.2 Å². The van der Waals surface area contributed by atoms with E-state index < -0.39 is 0 Å². The van der Waals surface area contributed by atoms with Crippen LogP contribution in [0.1, 0.15) is 28.3 Å². The highest BCUT2D eigenvalue weighted by Crippen LogP contribution is 2.25. The van der Waals surface area contributed by atoms with Gasteiger partial charge in [0.25, 0.3) is 0 Å². The molecule has 0 aliphatic rings. The summed E-state index contributed by atoms with van der Waals surface area (Å²) in [5.74, 6) is -0.196. The van der Waals surface area contributed by atoms with Gasteiger partial charge in [-0.3, -0.25) is 4.79 Å². The third-order valence-corrected chi connectivity index (χ3v) is 4.86. The van der Waals surface area contributed by atoms with Crippen molar-refractivity contribution in [1.29, 1.82) is 0 Å². The van der Waals surface area contributed by atoms with Crippen molar-refractivity contribution in [2.75, 3.05) is 0 Å². The van der Waals surface area contributed by atoms with Gasteiger partial charge in [-0.25, -0.2) is 0 Å². The number of hydrogen-bond acceptors (Lipinski definition) is 1. The number of benzene rings is 3. The third kappa shape index (κ3) is 5.00. The maximum absolute atomic E-state index is 12.6. The average Bonchev–Trinajstić information content (AvgIpc) is 2.67. The summed E-state index contributed by atoms with van der Waals surface area (Å²) < 4.78 is 0. The number of hydrogen-bond donors (Lipinski definition) is 1. The number of amides is 1. The van der Waals surface area contributed by atoms with Crippen LogP contribution in [0.5, 0.6) is 0 Å². The molecule has 0 aliphatic carbocycles. The number of aryl methyl sites for hydroxylation is 1. The molecule has 3 aromatic carbocycles. The first-order valence-corrected chi connectivity index (χ1v) is 9.34. The van der Waals surface area contributed by atoms with Crippen molar-refractivity contribution < 1.29 is 4.79 Å². The van der Waals surface area contributed by atoms with Crippen LogP contribution in [0.2, 0.25) is 10.0 Å². The largest absolute Gasteiger partial charge is 0.342 e. The van der Waals surface area contributed by atoms with Gasteiger partial charge in [-0.15, -0.1) is 0 Å². The van der Waals surface area contributed by atoms with E-state index in [1.807, 2.05) is 61.5 Å². The predicted octanol–water partition coefficient (Wildman–Crippen LogP) is 6.22. The van der Waals surface area contributed by atoms with Crippen molar-refractivity contribution in [2.45, 2.75) is 13.0 Å². The van der Waals surface area contributed by atoms with Gasteiger partial charge in [0.15, 0.2) is 0 Å². The van der Waals surface area contributed by atoms with Gasteiger partial charge >= 0.3 is 0 Å². The number of rotatable bonds is 5. The van der Waals surface area contributed by atoms with Crippen molar-refractivity contribution >= 4 is 35.2 Å². The molecule has 27 heavy (non-hydrogen) atoms. The lowest BCUT2D eigenvalue weighted by atomic mass is 9.95. The Bertz CT molecular complexity index is 967. The predicted molar refractivity (Wildman–Crippen MR) is 113 cm³/mol. The smallest absolute Gasteiger partial charge is 0.244 e. The van der Waals surface area contributed by atoms with Crippen molar-refractivity contribution in [3.05, 3.63) is 111 Å². The molecule has 0 unspecified atom stereocenters. The Morgan fingerprint density at radius 2 is 1.67 bits per heavy atom. The van der Waals surface area contributed by atoms with Crippen LogP contribution >= 0.6 is 23.2 Å². The van der Waals surface area contributed by atoms with Gasteiger partial charge in [-0.1, -0.05) is 83.9 Å². The molecule has 0 radical (unpaired) electrons. The summed E-state index contributed by atoms with van der Waals surface area (Å²) in [4.78, 5) is 12.6. The minimum atomic E-state index is -0.231. The first-order chi connectivity index (χ1) is 13.0. The number of carbonyl (C=O) groups excluding carboxylic acids is 1. The van der Waals surface area contributed by atoms with Crippen molar-refractivity contribution in [3.63, 3.8) is 0 Å². The van der Waals surface area contributed by atoms with Crippen molar-refractivity contribution in [3.8, 4) is 0 Å². The summed E-state index contributed by atoms with van der Waals surface area (Å²) in [5, 5.41) is 4.16. The highest BCUT2D eigenvalue weighted by atomic mass is 35.5. The molecular formula is C23H19Cl2NO. The second-order valence-corrected chi connectivity index (χ2v) is 7.05. The highest BCUT2D eigenvalue weighted by molar-refractivity contribution is 6.35. The molecule has 0 fully saturated rings. The summed E-state index contributed by atoms with van der Waals surface area (Å²) in [5.41, 5.74) is 3.95. The van der Waals surface area contributed by atoms with E-state index in [9.17, 15) is 4.79 Å². The molecule has 3 aromatic rings. The Morgan fingerprint density at radius 1 is 0.963 bits per heavy atom. The quantitative estimate of drug-likeness (QED) is 0.510. The third-order valence-electron chi connectivity index (χ3n) is 4.30. The molecule has 1 amide bonds. The Balaban J connectivity index is 1.85. The number of halogens is 2. The van der Waals surface area contributed by atoms with Gasteiger partial charge in [-0.05, 0) is 47.4 Å². The molecule has 3 rings (SSSR count). The standard InChI is InChI=1S/C23H19Cl2NO/c1-16-7-5-6-10-20(16)23(18-8-3-2-4-9-18)26-22(27)14-12-17-11-13-19(24)15-21(17)25/h2-15,23H,1H3,(H,26,27)/b14-12+/t23-/m1/s1. The summed E-state index contributed by atoms with van der Waals surface area (Å²) in [6.45, 7) is 2.04. The van der Waals surface area contributed by atoms with Gasteiger partial charge in [0.05, 0.1) is 6.04 Å². The second kappa shape index (κ2) is 8.90. The van der Waals surface area contributed by atoms with Crippen LogP contribution in [0.25, 0.3) is 6.08 Å². The van der Waals surface area contributed by atoms with Crippen LogP contribution in [-0.2, 0) is 4.79 Å². The molecule has 0 aromatic heterocycles. The molecule has 4 heteroatoms. The summed E-state index contributed by atoms with van der Waals surface area (Å²) in [7, 11) is 0. The molecule has 0 heterocycles. The fourth-order valence-electron chi connectivity index (χ4n) is 2.89. The SMILES string of the molecule is Cc1ccccc1[C@H](NC(=O)/C=C/c1ccc(Cl)cc1Cl)c1ccccc1. The van der Waals surface area contributed by atoms with E-state index >= 15 is 0 Å². The van der Waals surface area contributed by atoms with Gasteiger partial charge in [-0.2, -0.15) is 0 Å². The van der Waals surface area contributed by atoms with Crippen LogP contribution in [0.3, 0.4) is 0 Å². The molecule has 0 saturated carbocycles. The molecule has 2 nitrogen and oxygen atoms in total. The van der Waals surface area contributed by atoms with E-state index in [2.05, 4.69) is 5.32 Å². The van der Waals surface area contributed by atoms with Crippen LogP contribution in [-0.4, -0.2) is 5.91 Å². The average molecular weight is 396 g/mol. The van der Waals surface area contributed by atoms with Crippen LogP contribution < -0.4 is 5.32 Å². The zero-order chi connectivity index (χ0) is 19.2. The summed E-state index contributed by atoms with van der Waals surface area (Å²) in [6, 6.07) is 22.9. The van der Waals surface area contributed by atoms with Gasteiger partial charge in [0.1, 0.15) is 0 Å². The minimum Gasteiger partial charge on any atom is -0.342 e. The van der Waals surface area contributed by atoms with Crippen LogP contribution in [0, 0.1) is 6.92 Å². The van der Waals surface area contributed by atoms with E-state index in [0.717, 1.165) is 22.3 Å².